The zero-order chi connectivity index (χ0) is 24.1. The van der Waals surface area contributed by atoms with E-state index in [-0.39, 0.29) is 36.5 Å². The topological polar surface area (TPSA) is 83.6 Å². The van der Waals surface area contributed by atoms with E-state index >= 15 is 0 Å². The molecule has 1 N–H and O–H groups in total. The van der Waals surface area contributed by atoms with Crippen LogP contribution < -0.4 is 5.32 Å². The molecule has 1 amide bonds. The first-order valence-electron chi connectivity index (χ1n) is 11.1. The smallest absolute Gasteiger partial charge is 0.227 e. The standard InChI is InChI=1S/C26H25ClN2O4S/c27-22-11-12-24(23(17-22)25(30)20-9-5-2-6-10-20)28-26(31)21-13-15-29(16-14-21)34(32,33)18-19-7-3-1-4-8-19/h1-12,17,21H,13-16,18H2,(H,28,31). The third kappa shape index (κ3) is 5.73. The number of ketones is 1. The number of nitrogens with one attached hydrogen (secondary N) is 1. The van der Waals surface area contributed by atoms with Crippen molar-refractivity contribution in [3.63, 3.8) is 0 Å². The van der Waals surface area contributed by atoms with Crippen molar-refractivity contribution in [2.45, 2.75) is 18.6 Å². The Morgan fingerprint density at radius 2 is 1.53 bits per heavy atom. The second kappa shape index (κ2) is 10.5. The van der Waals surface area contributed by atoms with Crippen LogP contribution in [-0.4, -0.2) is 37.5 Å². The first-order chi connectivity index (χ1) is 16.3. The number of amides is 1. The number of anilines is 1. The Morgan fingerprint density at radius 3 is 2.18 bits per heavy atom. The Morgan fingerprint density at radius 1 is 0.912 bits per heavy atom. The van der Waals surface area contributed by atoms with Gasteiger partial charge in [0, 0.05) is 35.2 Å². The maximum atomic E-state index is 13.0. The van der Waals surface area contributed by atoms with Gasteiger partial charge in [0.25, 0.3) is 0 Å². The maximum Gasteiger partial charge on any atom is 0.227 e. The van der Waals surface area contributed by atoms with Gasteiger partial charge in [-0.25, -0.2) is 12.7 Å². The zero-order valence-corrected chi connectivity index (χ0v) is 20.1. The predicted octanol–water partition coefficient (Wildman–Crippen LogP) is 4.75. The average molecular weight is 497 g/mol. The molecule has 1 aliphatic heterocycles. The van der Waals surface area contributed by atoms with Crippen LogP contribution in [0.25, 0.3) is 0 Å². The van der Waals surface area contributed by atoms with Crippen molar-refractivity contribution >= 4 is 39.0 Å². The van der Waals surface area contributed by atoms with Crippen molar-refractivity contribution < 1.29 is 18.0 Å². The molecule has 3 aromatic rings. The number of sulfonamides is 1. The Hall–Kier alpha value is -3.00. The lowest BCUT2D eigenvalue weighted by molar-refractivity contribution is -0.120. The second-order valence-electron chi connectivity index (χ2n) is 8.29. The van der Waals surface area contributed by atoms with E-state index in [9.17, 15) is 18.0 Å². The van der Waals surface area contributed by atoms with E-state index in [1.807, 2.05) is 24.3 Å². The molecular weight excluding hydrogens is 472 g/mol. The Kier molecular flexibility index (Phi) is 7.46. The molecular formula is C26H25ClN2O4S. The van der Waals surface area contributed by atoms with Gasteiger partial charge in [-0.2, -0.15) is 0 Å². The summed E-state index contributed by atoms with van der Waals surface area (Å²) in [6, 6.07) is 22.6. The lowest BCUT2D eigenvalue weighted by Gasteiger charge is -2.30. The number of carbonyl (C=O) groups excluding carboxylic acids is 2. The van der Waals surface area contributed by atoms with Crippen molar-refractivity contribution in [3.8, 4) is 0 Å². The Labute approximate surface area is 204 Å². The van der Waals surface area contributed by atoms with Crippen molar-refractivity contribution in [2.75, 3.05) is 18.4 Å². The molecule has 0 unspecified atom stereocenters. The molecule has 1 heterocycles. The largest absolute Gasteiger partial charge is 0.325 e. The number of benzene rings is 3. The number of piperidine rings is 1. The van der Waals surface area contributed by atoms with Crippen LogP contribution in [0.4, 0.5) is 5.69 Å². The fraction of sp³-hybridized carbons (Fsp3) is 0.231. The molecule has 0 aliphatic carbocycles. The van der Waals surface area contributed by atoms with Gasteiger partial charge >= 0.3 is 0 Å². The van der Waals surface area contributed by atoms with E-state index in [1.165, 1.54) is 4.31 Å². The zero-order valence-electron chi connectivity index (χ0n) is 18.5. The summed E-state index contributed by atoms with van der Waals surface area (Å²) in [6.45, 7) is 0.563. The number of carbonyl (C=O) groups is 2. The number of hydrogen-bond donors (Lipinski definition) is 1. The van der Waals surface area contributed by atoms with Crippen LogP contribution in [0.2, 0.25) is 5.02 Å². The first kappa shape index (κ1) is 24.1. The third-order valence-electron chi connectivity index (χ3n) is 5.93. The summed E-state index contributed by atoms with van der Waals surface area (Å²) in [6.07, 6.45) is 0.824. The van der Waals surface area contributed by atoms with Crippen LogP contribution in [0.15, 0.2) is 78.9 Å². The van der Waals surface area contributed by atoms with Crippen molar-refractivity contribution in [1.29, 1.82) is 0 Å². The van der Waals surface area contributed by atoms with E-state index in [2.05, 4.69) is 5.32 Å². The van der Waals surface area contributed by atoms with Gasteiger partial charge < -0.3 is 5.32 Å². The summed E-state index contributed by atoms with van der Waals surface area (Å²) < 4.78 is 27.0. The highest BCUT2D eigenvalue weighted by Gasteiger charge is 2.31. The Bertz CT molecular complexity index is 1270. The molecule has 1 fully saturated rings. The molecule has 176 valence electrons. The van der Waals surface area contributed by atoms with Crippen LogP contribution in [-0.2, 0) is 20.6 Å². The molecule has 0 aromatic heterocycles. The quantitative estimate of drug-likeness (QED) is 0.478. The van der Waals surface area contributed by atoms with E-state index in [0.29, 0.717) is 34.7 Å². The maximum absolute atomic E-state index is 13.0. The molecule has 3 aromatic carbocycles. The molecule has 6 nitrogen and oxygen atoms in total. The number of hydrogen-bond acceptors (Lipinski definition) is 4. The lowest BCUT2D eigenvalue weighted by Crippen LogP contribution is -2.42. The van der Waals surface area contributed by atoms with Gasteiger partial charge in [-0.15, -0.1) is 0 Å². The van der Waals surface area contributed by atoms with E-state index in [1.54, 1.807) is 54.6 Å². The molecule has 0 bridgehead atoms. The van der Waals surface area contributed by atoms with E-state index < -0.39 is 10.0 Å². The molecule has 34 heavy (non-hydrogen) atoms. The van der Waals surface area contributed by atoms with Gasteiger partial charge in [0.15, 0.2) is 5.78 Å². The highest BCUT2D eigenvalue weighted by Crippen LogP contribution is 2.27. The van der Waals surface area contributed by atoms with Crippen molar-refractivity contribution in [3.05, 3.63) is 101 Å². The summed E-state index contributed by atoms with van der Waals surface area (Å²) >= 11 is 6.12. The minimum absolute atomic E-state index is 0.0551. The third-order valence-corrected chi connectivity index (χ3v) is 8.02. The molecule has 0 spiro atoms. The van der Waals surface area contributed by atoms with E-state index in [0.717, 1.165) is 5.56 Å². The van der Waals surface area contributed by atoms with Gasteiger partial charge in [0.1, 0.15) is 0 Å². The molecule has 8 heteroatoms. The SMILES string of the molecule is O=C(c1ccccc1)c1cc(Cl)ccc1NC(=O)C1CCN(S(=O)(=O)Cc2ccccc2)CC1. The fourth-order valence-corrected chi connectivity index (χ4v) is 5.80. The highest BCUT2D eigenvalue weighted by molar-refractivity contribution is 7.88. The van der Waals surface area contributed by atoms with Crippen LogP contribution >= 0.6 is 11.6 Å². The van der Waals surface area contributed by atoms with Crippen LogP contribution in [0, 0.1) is 5.92 Å². The Balaban J connectivity index is 1.41. The van der Waals surface area contributed by atoms with Gasteiger partial charge in [0.05, 0.1) is 11.4 Å². The number of halogens is 1. The monoisotopic (exact) mass is 496 g/mol. The summed E-state index contributed by atoms with van der Waals surface area (Å²) in [5, 5.41) is 3.26. The lowest BCUT2D eigenvalue weighted by atomic mass is 9.96. The molecule has 0 radical (unpaired) electrons. The fourth-order valence-electron chi connectivity index (χ4n) is 4.07. The minimum atomic E-state index is -3.46. The summed E-state index contributed by atoms with van der Waals surface area (Å²) in [5.74, 6) is -0.872. The normalized spacial score (nSPS) is 15.1. The highest BCUT2D eigenvalue weighted by atomic mass is 35.5. The summed E-state index contributed by atoms with van der Waals surface area (Å²) in [7, 11) is -3.46. The van der Waals surface area contributed by atoms with Crippen LogP contribution in [0.5, 0.6) is 0 Å². The van der Waals surface area contributed by atoms with E-state index in [4.69, 9.17) is 11.6 Å². The average Bonchev–Trinajstić information content (AvgIpc) is 2.85. The summed E-state index contributed by atoms with van der Waals surface area (Å²) in [4.78, 5) is 26.0. The van der Waals surface area contributed by atoms with Gasteiger partial charge in [-0.3, -0.25) is 9.59 Å². The minimum Gasteiger partial charge on any atom is -0.325 e. The van der Waals surface area contributed by atoms with Gasteiger partial charge in [-0.05, 0) is 36.6 Å². The second-order valence-corrected chi connectivity index (χ2v) is 10.7. The van der Waals surface area contributed by atoms with Crippen LogP contribution in [0.3, 0.4) is 0 Å². The summed E-state index contributed by atoms with van der Waals surface area (Å²) in [5.41, 5.74) is 1.94. The van der Waals surface area contributed by atoms with Crippen molar-refractivity contribution in [1.82, 2.24) is 4.31 Å². The first-order valence-corrected chi connectivity index (χ1v) is 13.0. The van der Waals surface area contributed by atoms with Crippen LogP contribution in [0.1, 0.15) is 34.3 Å². The number of nitrogens with zero attached hydrogens (tertiary/aromatic N) is 1. The molecule has 1 saturated heterocycles. The van der Waals surface area contributed by atoms with Gasteiger partial charge in [0.2, 0.25) is 15.9 Å². The van der Waals surface area contributed by atoms with Gasteiger partial charge in [-0.1, -0.05) is 72.3 Å². The number of rotatable bonds is 7. The molecule has 0 atom stereocenters. The molecule has 1 aliphatic rings. The predicted molar refractivity (Wildman–Crippen MR) is 133 cm³/mol. The van der Waals surface area contributed by atoms with Crippen molar-refractivity contribution in [2.24, 2.45) is 5.92 Å². The molecule has 0 saturated carbocycles. The molecule has 4 rings (SSSR count).